The van der Waals surface area contributed by atoms with E-state index in [0.717, 1.165) is 15.4 Å². The minimum absolute atomic E-state index is 0.0185. The van der Waals surface area contributed by atoms with E-state index >= 15 is 0 Å². The molecule has 1 heterocycles. The van der Waals surface area contributed by atoms with Crippen LogP contribution in [-0.4, -0.2) is 34.6 Å². The zero-order valence-corrected chi connectivity index (χ0v) is 22.0. The second-order valence-corrected chi connectivity index (χ2v) is 9.33. The van der Waals surface area contributed by atoms with E-state index in [1.54, 1.807) is 38.1 Å². The summed E-state index contributed by atoms with van der Waals surface area (Å²) in [7, 11) is 0. The second-order valence-electron chi connectivity index (χ2n) is 7.50. The maximum atomic E-state index is 13.3. The van der Waals surface area contributed by atoms with Crippen molar-refractivity contribution in [2.45, 2.75) is 46.1 Å². The van der Waals surface area contributed by atoms with Gasteiger partial charge in [-0.05, 0) is 56.7 Å². The summed E-state index contributed by atoms with van der Waals surface area (Å²) in [4.78, 5) is 30.0. The molecule has 7 nitrogen and oxygen atoms in total. The Kier molecular flexibility index (Phi) is 8.42. The van der Waals surface area contributed by atoms with Gasteiger partial charge in [-0.1, -0.05) is 45.7 Å². The molecule has 0 aliphatic heterocycles. The molecular formula is C24H25Br2N3O4. The van der Waals surface area contributed by atoms with Gasteiger partial charge in [0.1, 0.15) is 11.6 Å². The van der Waals surface area contributed by atoms with Gasteiger partial charge in [0.25, 0.3) is 5.56 Å². The number of aromatic nitrogens is 2. The van der Waals surface area contributed by atoms with Crippen LogP contribution in [0.4, 0.5) is 0 Å². The average molecular weight is 579 g/mol. The molecule has 0 unspecified atom stereocenters. The Hall–Kier alpha value is -2.52. The maximum Gasteiger partial charge on any atom is 0.347 e. The van der Waals surface area contributed by atoms with Crippen molar-refractivity contribution in [1.29, 1.82) is 0 Å². The number of benzene rings is 2. The molecule has 0 saturated carbocycles. The fourth-order valence-corrected chi connectivity index (χ4v) is 3.86. The highest BCUT2D eigenvalue weighted by Crippen LogP contribution is 2.24. The van der Waals surface area contributed by atoms with Crippen LogP contribution in [0.15, 0.2) is 55.2 Å². The molecule has 0 N–H and O–H groups in total. The number of rotatable bonds is 8. The van der Waals surface area contributed by atoms with E-state index in [9.17, 15) is 9.59 Å². The number of carbonyl (C=O) groups is 1. The van der Waals surface area contributed by atoms with Gasteiger partial charge in [0.15, 0.2) is 6.10 Å². The molecule has 0 aliphatic rings. The molecule has 0 amide bonds. The number of fused-ring (bicyclic) bond motifs is 1. The molecule has 0 spiro atoms. The fourth-order valence-electron chi connectivity index (χ4n) is 3.12. The SMILES string of the molecule is CCOC(=O)[C@@H](C)Oc1ccc(Br)cc1C=Nn1c([C@H](C)CC)nc2ccc(Br)cc2c1=O. The topological polar surface area (TPSA) is 82.8 Å². The van der Waals surface area contributed by atoms with E-state index < -0.39 is 12.1 Å². The Morgan fingerprint density at radius 2 is 1.85 bits per heavy atom. The minimum Gasteiger partial charge on any atom is -0.478 e. The predicted molar refractivity (Wildman–Crippen MR) is 136 cm³/mol. The Morgan fingerprint density at radius 3 is 2.55 bits per heavy atom. The average Bonchev–Trinajstić information content (AvgIpc) is 2.79. The third-order valence-corrected chi connectivity index (χ3v) is 6.08. The van der Waals surface area contributed by atoms with E-state index in [2.05, 4.69) is 37.0 Å². The van der Waals surface area contributed by atoms with E-state index in [1.807, 2.05) is 26.0 Å². The number of nitrogens with zero attached hydrogens (tertiary/aromatic N) is 3. The first-order chi connectivity index (χ1) is 15.7. The van der Waals surface area contributed by atoms with Crippen molar-refractivity contribution < 1.29 is 14.3 Å². The number of ether oxygens (including phenoxy) is 2. The fraction of sp³-hybridized carbons (Fsp3) is 0.333. The third kappa shape index (κ3) is 5.89. The Labute approximate surface area is 209 Å². The molecular weight excluding hydrogens is 554 g/mol. The molecule has 0 radical (unpaired) electrons. The molecule has 2 atom stereocenters. The summed E-state index contributed by atoms with van der Waals surface area (Å²) < 4.78 is 13.8. The van der Waals surface area contributed by atoms with Gasteiger partial charge >= 0.3 is 5.97 Å². The molecule has 0 bridgehead atoms. The highest BCUT2D eigenvalue weighted by atomic mass is 79.9. The first kappa shape index (κ1) is 25.1. The lowest BCUT2D eigenvalue weighted by Crippen LogP contribution is -2.26. The van der Waals surface area contributed by atoms with Crippen LogP contribution >= 0.6 is 31.9 Å². The molecule has 2 aromatic carbocycles. The lowest BCUT2D eigenvalue weighted by atomic mass is 10.1. The predicted octanol–water partition coefficient (Wildman–Crippen LogP) is 5.65. The number of halogens is 2. The molecule has 0 fully saturated rings. The number of hydrogen-bond acceptors (Lipinski definition) is 6. The molecule has 1 aromatic heterocycles. The lowest BCUT2D eigenvalue weighted by molar-refractivity contribution is -0.150. The monoisotopic (exact) mass is 577 g/mol. The first-order valence-corrected chi connectivity index (χ1v) is 12.2. The first-order valence-electron chi connectivity index (χ1n) is 10.6. The summed E-state index contributed by atoms with van der Waals surface area (Å²) in [6, 6.07) is 10.8. The van der Waals surface area contributed by atoms with Crippen LogP contribution in [0.1, 0.15) is 51.4 Å². The van der Waals surface area contributed by atoms with Crippen LogP contribution in [0.3, 0.4) is 0 Å². The van der Waals surface area contributed by atoms with Gasteiger partial charge in [-0.3, -0.25) is 4.79 Å². The van der Waals surface area contributed by atoms with Crippen LogP contribution in [-0.2, 0) is 9.53 Å². The maximum absolute atomic E-state index is 13.3. The molecule has 9 heteroatoms. The Bertz CT molecular complexity index is 1260. The quantitative estimate of drug-likeness (QED) is 0.255. The summed E-state index contributed by atoms with van der Waals surface area (Å²) in [5.74, 6) is 0.580. The summed E-state index contributed by atoms with van der Waals surface area (Å²) in [5.41, 5.74) is 0.960. The molecule has 3 rings (SSSR count). The van der Waals surface area contributed by atoms with Crippen molar-refractivity contribution in [2.75, 3.05) is 6.61 Å². The number of hydrogen-bond donors (Lipinski definition) is 0. The van der Waals surface area contributed by atoms with Crippen molar-refractivity contribution in [3.63, 3.8) is 0 Å². The third-order valence-electron chi connectivity index (χ3n) is 5.09. The summed E-state index contributed by atoms with van der Waals surface area (Å²) >= 11 is 6.87. The Morgan fingerprint density at radius 1 is 1.15 bits per heavy atom. The van der Waals surface area contributed by atoms with Crippen LogP contribution < -0.4 is 10.3 Å². The summed E-state index contributed by atoms with van der Waals surface area (Å²) in [6.07, 6.45) is 1.54. The van der Waals surface area contributed by atoms with Crippen molar-refractivity contribution in [1.82, 2.24) is 9.66 Å². The Balaban J connectivity index is 2.08. The van der Waals surface area contributed by atoms with Crippen LogP contribution in [0.25, 0.3) is 10.9 Å². The summed E-state index contributed by atoms with van der Waals surface area (Å²) in [5, 5.41) is 4.97. The lowest BCUT2D eigenvalue weighted by Gasteiger charge is -2.16. The molecule has 174 valence electrons. The van der Waals surface area contributed by atoms with Crippen molar-refractivity contribution in [3.8, 4) is 5.75 Å². The summed E-state index contributed by atoms with van der Waals surface area (Å²) in [6.45, 7) is 7.68. The molecule has 33 heavy (non-hydrogen) atoms. The van der Waals surface area contributed by atoms with Crippen molar-refractivity contribution >= 4 is 54.9 Å². The van der Waals surface area contributed by atoms with E-state index in [4.69, 9.17) is 14.5 Å². The molecule has 3 aromatic rings. The highest BCUT2D eigenvalue weighted by molar-refractivity contribution is 9.10. The van der Waals surface area contributed by atoms with Gasteiger partial charge in [-0.25, -0.2) is 9.78 Å². The van der Waals surface area contributed by atoms with Gasteiger partial charge in [0.05, 0.1) is 23.7 Å². The number of carbonyl (C=O) groups excluding carboxylic acids is 1. The van der Waals surface area contributed by atoms with Crippen molar-refractivity contribution in [2.24, 2.45) is 5.10 Å². The zero-order chi connectivity index (χ0) is 24.1. The van der Waals surface area contributed by atoms with Gasteiger partial charge < -0.3 is 9.47 Å². The van der Waals surface area contributed by atoms with Gasteiger partial charge in [0.2, 0.25) is 0 Å². The minimum atomic E-state index is -0.795. The van der Waals surface area contributed by atoms with E-state index in [1.165, 1.54) is 10.9 Å². The standard InChI is InChI=1S/C24H25Br2N3O4/c1-5-14(3)22-28-20-9-7-18(26)12-19(20)23(30)29(22)27-13-16-11-17(25)8-10-21(16)33-15(4)24(31)32-6-2/h7-15H,5-6H2,1-4H3/t14-,15-/m1/s1. The van der Waals surface area contributed by atoms with Gasteiger partial charge in [-0.2, -0.15) is 9.78 Å². The van der Waals surface area contributed by atoms with Gasteiger partial charge in [-0.15, -0.1) is 0 Å². The zero-order valence-electron chi connectivity index (χ0n) is 18.8. The largest absolute Gasteiger partial charge is 0.478 e. The molecule has 0 saturated heterocycles. The normalized spacial score (nSPS) is 13.3. The van der Waals surface area contributed by atoms with E-state index in [-0.39, 0.29) is 18.1 Å². The number of esters is 1. The smallest absolute Gasteiger partial charge is 0.347 e. The van der Waals surface area contributed by atoms with Crippen LogP contribution in [0.2, 0.25) is 0 Å². The van der Waals surface area contributed by atoms with E-state index in [0.29, 0.717) is 28.0 Å². The highest BCUT2D eigenvalue weighted by Gasteiger charge is 2.18. The van der Waals surface area contributed by atoms with Crippen molar-refractivity contribution in [3.05, 3.63) is 67.1 Å². The van der Waals surface area contributed by atoms with Crippen LogP contribution in [0, 0.1) is 0 Å². The molecule has 0 aliphatic carbocycles. The second kappa shape index (κ2) is 11.1. The van der Waals surface area contributed by atoms with Gasteiger partial charge in [0, 0.05) is 20.4 Å². The van der Waals surface area contributed by atoms with Crippen LogP contribution in [0.5, 0.6) is 5.75 Å².